The summed E-state index contributed by atoms with van der Waals surface area (Å²) >= 11 is 3.27. The molecule has 0 aromatic heterocycles. The van der Waals surface area contributed by atoms with Gasteiger partial charge in [-0.1, -0.05) is 28.9 Å². The van der Waals surface area contributed by atoms with Crippen LogP contribution in [0.1, 0.15) is 18.9 Å². The number of nitrogens with one attached hydrogen (secondary N) is 1. The third-order valence-corrected chi connectivity index (χ3v) is 3.52. The van der Waals surface area contributed by atoms with E-state index in [0.717, 1.165) is 23.1 Å². The molecule has 0 spiro atoms. The second kappa shape index (κ2) is 7.87. The number of hydrogen-bond donors (Lipinski definition) is 1. The molecule has 2 atom stereocenters. The van der Waals surface area contributed by atoms with E-state index in [1.165, 1.54) is 6.07 Å². The van der Waals surface area contributed by atoms with Crippen molar-refractivity contribution in [1.29, 1.82) is 0 Å². The SMILES string of the molecule is CNC(Cc1ccc(Br)cc1F)CC(C)COC. The Hall–Kier alpha value is -0.450. The third-order valence-electron chi connectivity index (χ3n) is 3.03. The van der Waals surface area contributed by atoms with Crippen LogP contribution in [-0.2, 0) is 11.2 Å². The van der Waals surface area contributed by atoms with E-state index in [2.05, 4.69) is 28.2 Å². The van der Waals surface area contributed by atoms with Gasteiger partial charge in [0.15, 0.2) is 0 Å². The Labute approximate surface area is 117 Å². The van der Waals surface area contributed by atoms with Crippen LogP contribution in [0.2, 0.25) is 0 Å². The van der Waals surface area contributed by atoms with E-state index >= 15 is 0 Å². The largest absolute Gasteiger partial charge is 0.384 e. The van der Waals surface area contributed by atoms with Gasteiger partial charge >= 0.3 is 0 Å². The lowest BCUT2D eigenvalue weighted by molar-refractivity contribution is 0.150. The summed E-state index contributed by atoms with van der Waals surface area (Å²) in [4.78, 5) is 0. The summed E-state index contributed by atoms with van der Waals surface area (Å²) in [6.07, 6.45) is 1.67. The van der Waals surface area contributed by atoms with Crippen LogP contribution < -0.4 is 5.32 Å². The van der Waals surface area contributed by atoms with E-state index in [1.54, 1.807) is 7.11 Å². The summed E-state index contributed by atoms with van der Waals surface area (Å²) in [6, 6.07) is 5.50. The van der Waals surface area contributed by atoms with E-state index in [1.807, 2.05) is 19.2 Å². The van der Waals surface area contributed by atoms with Crippen molar-refractivity contribution in [2.24, 2.45) is 5.92 Å². The van der Waals surface area contributed by atoms with Crippen LogP contribution in [0.5, 0.6) is 0 Å². The first-order valence-electron chi connectivity index (χ1n) is 6.17. The number of halogens is 2. The number of methoxy groups -OCH3 is 1. The number of likely N-dealkylation sites (N-methyl/N-ethyl adjacent to an activating group) is 1. The van der Waals surface area contributed by atoms with Gasteiger partial charge in [-0.15, -0.1) is 0 Å². The zero-order chi connectivity index (χ0) is 13.5. The Kier molecular flexibility index (Phi) is 6.82. The van der Waals surface area contributed by atoms with Crippen LogP contribution in [0.3, 0.4) is 0 Å². The Bertz CT molecular complexity index is 373. The van der Waals surface area contributed by atoms with Crippen molar-refractivity contribution in [2.75, 3.05) is 20.8 Å². The Morgan fingerprint density at radius 1 is 1.44 bits per heavy atom. The van der Waals surface area contributed by atoms with Gasteiger partial charge in [-0.25, -0.2) is 4.39 Å². The summed E-state index contributed by atoms with van der Waals surface area (Å²) in [6.45, 7) is 2.88. The smallest absolute Gasteiger partial charge is 0.127 e. The predicted molar refractivity (Wildman–Crippen MR) is 76.3 cm³/mol. The maximum atomic E-state index is 13.8. The average molecular weight is 318 g/mol. The molecule has 0 aliphatic heterocycles. The monoisotopic (exact) mass is 317 g/mol. The highest BCUT2D eigenvalue weighted by Crippen LogP contribution is 2.18. The van der Waals surface area contributed by atoms with Crippen molar-refractivity contribution in [1.82, 2.24) is 5.32 Å². The molecule has 2 nitrogen and oxygen atoms in total. The van der Waals surface area contributed by atoms with E-state index in [4.69, 9.17) is 4.74 Å². The van der Waals surface area contributed by atoms with Gasteiger partial charge in [0.25, 0.3) is 0 Å². The molecule has 0 bridgehead atoms. The van der Waals surface area contributed by atoms with Gasteiger partial charge in [-0.05, 0) is 43.5 Å². The quantitative estimate of drug-likeness (QED) is 0.832. The summed E-state index contributed by atoms with van der Waals surface area (Å²) in [7, 11) is 3.63. The Morgan fingerprint density at radius 3 is 2.72 bits per heavy atom. The van der Waals surface area contributed by atoms with Crippen LogP contribution >= 0.6 is 15.9 Å². The molecule has 0 amide bonds. The van der Waals surface area contributed by atoms with Crippen LogP contribution in [0, 0.1) is 11.7 Å². The van der Waals surface area contributed by atoms with E-state index in [9.17, 15) is 4.39 Å². The number of rotatable bonds is 7. The molecule has 1 N–H and O–H groups in total. The molecule has 1 aromatic carbocycles. The fraction of sp³-hybridized carbons (Fsp3) is 0.571. The highest BCUT2D eigenvalue weighted by atomic mass is 79.9. The van der Waals surface area contributed by atoms with E-state index in [-0.39, 0.29) is 11.9 Å². The molecule has 1 aromatic rings. The minimum atomic E-state index is -0.149. The molecule has 0 saturated heterocycles. The molecule has 0 radical (unpaired) electrons. The normalized spacial score (nSPS) is 14.5. The first-order chi connectivity index (χ1) is 8.56. The Morgan fingerprint density at radius 2 is 2.17 bits per heavy atom. The second-order valence-electron chi connectivity index (χ2n) is 4.72. The molecule has 0 aliphatic rings. The first kappa shape index (κ1) is 15.6. The highest BCUT2D eigenvalue weighted by molar-refractivity contribution is 9.10. The zero-order valence-electron chi connectivity index (χ0n) is 11.2. The number of hydrogen-bond acceptors (Lipinski definition) is 2. The van der Waals surface area contributed by atoms with Crippen LogP contribution in [0.25, 0.3) is 0 Å². The van der Waals surface area contributed by atoms with Gasteiger partial charge in [-0.2, -0.15) is 0 Å². The molecule has 4 heteroatoms. The molecule has 1 rings (SSSR count). The molecular weight excluding hydrogens is 297 g/mol. The topological polar surface area (TPSA) is 21.3 Å². The van der Waals surface area contributed by atoms with Crippen molar-refractivity contribution in [3.05, 3.63) is 34.1 Å². The fourth-order valence-electron chi connectivity index (χ4n) is 2.09. The van der Waals surface area contributed by atoms with Gasteiger partial charge in [-0.3, -0.25) is 0 Å². The van der Waals surface area contributed by atoms with Gasteiger partial charge in [0.1, 0.15) is 5.82 Å². The van der Waals surface area contributed by atoms with Crippen LogP contribution in [-0.4, -0.2) is 26.8 Å². The molecule has 0 fully saturated rings. The molecule has 0 aliphatic carbocycles. The number of benzene rings is 1. The minimum absolute atomic E-state index is 0.149. The number of ether oxygens (including phenoxy) is 1. The van der Waals surface area contributed by atoms with Gasteiger partial charge < -0.3 is 10.1 Å². The highest BCUT2D eigenvalue weighted by Gasteiger charge is 2.14. The lowest BCUT2D eigenvalue weighted by atomic mass is 9.96. The van der Waals surface area contributed by atoms with Crippen LogP contribution in [0.15, 0.2) is 22.7 Å². The first-order valence-corrected chi connectivity index (χ1v) is 6.96. The van der Waals surface area contributed by atoms with Crippen molar-refractivity contribution in [2.45, 2.75) is 25.8 Å². The third kappa shape index (κ3) is 5.04. The van der Waals surface area contributed by atoms with Crippen molar-refractivity contribution in [3.8, 4) is 0 Å². The summed E-state index contributed by atoms with van der Waals surface area (Å²) in [5.41, 5.74) is 0.752. The van der Waals surface area contributed by atoms with Crippen LogP contribution in [0.4, 0.5) is 4.39 Å². The summed E-state index contributed by atoms with van der Waals surface area (Å²) in [5.74, 6) is 0.315. The minimum Gasteiger partial charge on any atom is -0.384 e. The van der Waals surface area contributed by atoms with Crippen molar-refractivity contribution < 1.29 is 9.13 Å². The molecule has 0 heterocycles. The summed E-state index contributed by atoms with van der Waals surface area (Å²) < 4.78 is 19.7. The van der Waals surface area contributed by atoms with Gasteiger partial charge in [0.05, 0.1) is 0 Å². The molecule has 102 valence electrons. The molecule has 2 unspecified atom stereocenters. The average Bonchev–Trinajstić information content (AvgIpc) is 2.31. The van der Waals surface area contributed by atoms with E-state index < -0.39 is 0 Å². The predicted octanol–water partition coefficient (Wildman–Crippen LogP) is 3.39. The zero-order valence-corrected chi connectivity index (χ0v) is 12.8. The fourth-order valence-corrected chi connectivity index (χ4v) is 2.43. The van der Waals surface area contributed by atoms with Gasteiger partial charge in [0, 0.05) is 24.2 Å². The second-order valence-corrected chi connectivity index (χ2v) is 5.64. The maximum Gasteiger partial charge on any atom is 0.127 e. The maximum absolute atomic E-state index is 13.8. The van der Waals surface area contributed by atoms with E-state index in [0.29, 0.717) is 12.3 Å². The molecule has 0 saturated carbocycles. The lowest BCUT2D eigenvalue weighted by Gasteiger charge is -2.20. The lowest BCUT2D eigenvalue weighted by Crippen LogP contribution is -2.30. The van der Waals surface area contributed by atoms with Gasteiger partial charge in [0.2, 0.25) is 0 Å². The summed E-state index contributed by atoms with van der Waals surface area (Å²) in [5, 5.41) is 3.25. The van der Waals surface area contributed by atoms with Crippen molar-refractivity contribution >= 4 is 15.9 Å². The standard InChI is InChI=1S/C14H21BrFNO/c1-10(9-18-3)6-13(17-2)7-11-4-5-12(15)8-14(11)16/h4-5,8,10,13,17H,6-7,9H2,1-3H3. The Balaban J connectivity index is 2.62. The molecular formula is C14H21BrFNO. The van der Waals surface area contributed by atoms with Crippen molar-refractivity contribution in [3.63, 3.8) is 0 Å². The molecule has 18 heavy (non-hydrogen) atoms.